The Morgan fingerprint density at radius 3 is 1.64 bits per heavy atom. The predicted octanol–water partition coefficient (Wildman–Crippen LogP) is 4.16. The average molecular weight is 370 g/mol. The van der Waals surface area contributed by atoms with E-state index in [0.29, 0.717) is 0 Å². The Morgan fingerprint density at radius 2 is 1.14 bits per heavy atom. The first-order valence-corrected chi connectivity index (χ1v) is 9.96. The lowest BCUT2D eigenvalue weighted by Gasteiger charge is -2.36. The van der Waals surface area contributed by atoms with Crippen LogP contribution in [-0.4, -0.2) is 41.9 Å². The van der Waals surface area contributed by atoms with E-state index < -0.39 is 0 Å². The first kappa shape index (κ1) is 18.5. The molecule has 4 rings (SSSR count). The molecule has 142 valence electrons. The smallest absolute Gasteiger partial charge is 0.234 e. The Hall–Kier alpha value is -2.91. The first-order valence-electron chi connectivity index (χ1n) is 9.96. The van der Waals surface area contributed by atoms with E-state index in [-0.39, 0.29) is 11.8 Å². The number of amides is 1. The summed E-state index contributed by atoms with van der Waals surface area (Å²) in [6.07, 6.45) is 0. The molecule has 0 bridgehead atoms. The molecule has 1 heterocycles. The molecule has 1 saturated heterocycles. The fourth-order valence-electron chi connectivity index (χ4n) is 3.92. The van der Waals surface area contributed by atoms with Crippen LogP contribution in [0.15, 0.2) is 91.0 Å². The van der Waals surface area contributed by atoms with E-state index in [0.717, 1.165) is 43.9 Å². The molecule has 0 N–H and O–H groups in total. The van der Waals surface area contributed by atoms with Crippen molar-refractivity contribution in [2.24, 2.45) is 0 Å². The lowest BCUT2D eigenvalue weighted by atomic mass is 9.90. The fourth-order valence-corrected chi connectivity index (χ4v) is 3.92. The van der Waals surface area contributed by atoms with E-state index in [2.05, 4.69) is 53.4 Å². The second-order valence-corrected chi connectivity index (χ2v) is 7.34. The van der Waals surface area contributed by atoms with Gasteiger partial charge in [0.1, 0.15) is 0 Å². The van der Waals surface area contributed by atoms with Crippen LogP contribution in [0.4, 0.5) is 0 Å². The topological polar surface area (TPSA) is 23.6 Å². The van der Waals surface area contributed by atoms with Gasteiger partial charge in [0.25, 0.3) is 0 Å². The zero-order chi connectivity index (χ0) is 19.2. The van der Waals surface area contributed by atoms with E-state index in [1.54, 1.807) is 0 Å². The molecule has 1 fully saturated rings. The number of hydrogen-bond donors (Lipinski definition) is 0. The molecule has 0 spiro atoms. The fraction of sp³-hybridized carbons (Fsp3) is 0.240. The molecule has 0 unspecified atom stereocenters. The average Bonchev–Trinajstić information content (AvgIpc) is 2.77. The molecule has 3 heteroatoms. The van der Waals surface area contributed by atoms with Crippen molar-refractivity contribution in [1.29, 1.82) is 0 Å². The standard InChI is InChI=1S/C25H26N2O/c28-25(24(22-12-6-2-7-13-22)23-14-8-3-9-15-23)27-18-16-26(17-19-27)20-21-10-4-1-5-11-21/h1-15,24H,16-20H2. The van der Waals surface area contributed by atoms with Crippen LogP contribution < -0.4 is 0 Å². The third-order valence-corrected chi connectivity index (χ3v) is 5.45. The van der Waals surface area contributed by atoms with E-state index in [4.69, 9.17) is 0 Å². The summed E-state index contributed by atoms with van der Waals surface area (Å²) >= 11 is 0. The largest absolute Gasteiger partial charge is 0.339 e. The van der Waals surface area contributed by atoms with Gasteiger partial charge in [-0.1, -0.05) is 91.0 Å². The molecule has 0 aliphatic carbocycles. The van der Waals surface area contributed by atoms with Gasteiger partial charge in [0, 0.05) is 32.7 Å². The lowest BCUT2D eigenvalue weighted by Crippen LogP contribution is -2.49. The van der Waals surface area contributed by atoms with Crippen LogP contribution in [0, 0.1) is 0 Å². The van der Waals surface area contributed by atoms with Crippen molar-refractivity contribution in [3.8, 4) is 0 Å². The van der Waals surface area contributed by atoms with Gasteiger partial charge in [0.15, 0.2) is 0 Å². The minimum absolute atomic E-state index is 0.205. The Labute approximate surface area is 167 Å². The van der Waals surface area contributed by atoms with Gasteiger partial charge in [-0.3, -0.25) is 9.69 Å². The van der Waals surface area contributed by atoms with Crippen LogP contribution in [0.5, 0.6) is 0 Å². The summed E-state index contributed by atoms with van der Waals surface area (Å²) in [6, 6.07) is 30.8. The highest BCUT2D eigenvalue weighted by atomic mass is 16.2. The van der Waals surface area contributed by atoms with Crippen molar-refractivity contribution < 1.29 is 4.79 Å². The van der Waals surface area contributed by atoms with Crippen LogP contribution in [0.1, 0.15) is 22.6 Å². The van der Waals surface area contributed by atoms with E-state index >= 15 is 0 Å². The van der Waals surface area contributed by atoms with Gasteiger partial charge in [-0.05, 0) is 16.7 Å². The van der Waals surface area contributed by atoms with Gasteiger partial charge in [0.2, 0.25) is 5.91 Å². The molecule has 0 aromatic heterocycles. The quantitative estimate of drug-likeness (QED) is 0.673. The van der Waals surface area contributed by atoms with Crippen LogP contribution in [0.3, 0.4) is 0 Å². The molecule has 1 amide bonds. The van der Waals surface area contributed by atoms with Crippen molar-refractivity contribution in [2.75, 3.05) is 26.2 Å². The number of benzene rings is 3. The SMILES string of the molecule is O=C(C(c1ccccc1)c1ccccc1)N1CCN(Cc2ccccc2)CC1. The third-order valence-electron chi connectivity index (χ3n) is 5.45. The number of hydrogen-bond acceptors (Lipinski definition) is 2. The zero-order valence-electron chi connectivity index (χ0n) is 16.1. The lowest BCUT2D eigenvalue weighted by molar-refractivity contribution is -0.133. The third kappa shape index (κ3) is 4.32. The zero-order valence-corrected chi connectivity index (χ0v) is 16.1. The van der Waals surface area contributed by atoms with Crippen molar-refractivity contribution in [2.45, 2.75) is 12.5 Å². The number of carbonyl (C=O) groups excluding carboxylic acids is 1. The maximum Gasteiger partial charge on any atom is 0.234 e. The normalized spacial score (nSPS) is 15.0. The van der Waals surface area contributed by atoms with Crippen molar-refractivity contribution in [3.05, 3.63) is 108 Å². The van der Waals surface area contributed by atoms with Crippen LogP contribution in [0.25, 0.3) is 0 Å². The maximum absolute atomic E-state index is 13.5. The van der Waals surface area contributed by atoms with Gasteiger partial charge >= 0.3 is 0 Å². The van der Waals surface area contributed by atoms with Gasteiger partial charge in [-0.25, -0.2) is 0 Å². The molecule has 1 aliphatic rings. The number of nitrogens with zero attached hydrogens (tertiary/aromatic N) is 2. The van der Waals surface area contributed by atoms with Gasteiger partial charge in [-0.2, -0.15) is 0 Å². The second kappa shape index (κ2) is 8.85. The number of carbonyl (C=O) groups is 1. The molecule has 0 atom stereocenters. The van der Waals surface area contributed by atoms with Gasteiger partial charge in [-0.15, -0.1) is 0 Å². The summed E-state index contributed by atoms with van der Waals surface area (Å²) in [6.45, 7) is 4.33. The van der Waals surface area contributed by atoms with Gasteiger partial charge in [0.05, 0.1) is 5.92 Å². The minimum atomic E-state index is -0.233. The summed E-state index contributed by atoms with van der Waals surface area (Å²) < 4.78 is 0. The Kier molecular flexibility index (Phi) is 5.83. The molecular weight excluding hydrogens is 344 g/mol. The second-order valence-electron chi connectivity index (χ2n) is 7.34. The Bertz CT molecular complexity index is 833. The highest BCUT2D eigenvalue weighted by Gasteiger charge is 2.29. The summed E-state index contributed by atoms with van der Waals surface area (Å²) in [5.41, 5.74) is 3.45. The summed E-state index contributed by atoms with van der Waals surface area (Å²) in [5.74, 6) is -0.0279. The van der Waals surface area contributed by atoms with Gasteiger partial charge < -0.3 is 4.90 Å². The summed E-state index contributed by atoms with van der Waals surface area (Å²) in [5, 5.41) is 0. The molecule has 28 heavy (non-hydrogen) atoms. The highest BCUT2D eigenvalue weighted by Crippen LogP contribution is 2.27. The van der Waals surface area contributed by atoms with Crippen LogP contribution in [0.2, 0.25) is 0 Å². The molecule has 1 aliphatic heterocycles. The van der Waals surface area contributed by atoms with E-state index in [1.807, 2.05) is 47.4 Å². The molecule has 3 aromatic rings. The number of rotatable bonds is 5. The Morgan fingerprint density at radius 1 is 0.679 bits per heavy atom. The first-order chi connectivity index (χ1) is 13.8. The minimum Gasteiger partial charge on any atom is -0.339 e. The highest BCUT2D eigenvalue weighted by molar-refractivity contribution is 5.87. The Balaban J connectivity index is 1.46. The summed E-state index contributed by atoms with van der Waals surface area (Å²) in [7, 11) is 0. The monoisotopic (exact) mass is 370 g/mol. The predicted molar refractivity (Wildman–Crippen MR) is 113 cm³/mol. The van der Waals surface area contributed by atoms with Crippen LogP contribution >= 0.6 is 0 Å². The van der Waals surface area contributed by atoms with Crippen molar-refractivity contribution in [3.63, 3.8) is 0 Å². The molecule has 0 radical (unpaired) electrons. The number of piperazine rings is 1. The van der Waals surface area contributed by atoms with E-state index in [1.165, 1.54) is 5.56 Å². The molecule has 3 nitrogen and oxygen atoms in total. The van der Waals surface area contributed by atoms with E-state index in [9.17, 15) is 4.79 Å². The van der Waals surface area contributed by atoms with Crippen molar-refractivity contribution >= 4 is 5.91 Å². The molecule has 0 saturated carbocycles. The molecular formula is C25H26N2O. The maximum atomic E-state index is 13.5. The summed E-state index contributed by atoms with van der Waals surface area (Å²) in [4.78, 5) is 17.9. The van der Waals surface area contributed by atoms with Crippen LogP contribution in [-0.2, 0) is 11.3 Å². The molecule has 3 aromatic carbocycles. The van der Waals surface area contributed by atoms with Crippen molar-refractivity contribution in [1.82, 2.24) is 9.80 Å².